The van der Waals surface area contributed by atoms with Crippen molar-refractivity contribution in [3.05, 3.63) is 71.8 Å². The standard InChI is InChI=1S/C13H13NO2S/c14-17(15,16)13(11-7-3-1-4-8-11)12-9-5-2-6-10-12/h1-10,13H,(H2,14,15,16). The van der Waals surface area contributed by atoms with Crippen molar-refractivity contribution in [1.82, 2.24) is 0 Å². The smallest absolute Gasteiger partial charge is 0.220 e. The maximum absolute atomic E-state index is 11.7. The number of sulfonamides is 1. The van der Waals surface area contributed by atoms with Crippen LogP contribution in [0.2, 0.25) is 0 Å². The number of primary sulfonamides is 1. The third-order valence-corrected chi connectivity index (χ3v) is 3.73. The molecule has 0 spiro atoms. The van der Waals surface area contributed by atoms with Gasteiger partial charge in [-0.2, -0.15) is 0 Å². The Morgan fingerprint density at radius 3 is 1.41 bits per heavy atom. The van der Waals surface area contributed by atoms with Crippen LogP contribution in [0.1, 0.15) is 16.4 Å². The van der Waals surface area contributed by atoms with Crippen molar-refractivity contribution in [2.24, 2.45) is 5.14 Å². The third-order valence-electron chi connectivity index (χ3n) is 2.53. The van der Waals surface area contributed by atoms with Crippen molar-refractivity contribution >= 4 is 10.0 Å². The summed E-state index contributed by atoms with van der Waals surface area (Å²) in [5.41, 5.74) is 1.36. The number of hydrogen-bond acceptors (Lipinski definition) is 2. The normalized spacial score (nSPS) is 11.6. The molecule has 2 aromatic carbocycles. The Hall–Kier alpha value is -1.65. The van der Waals surface area contributed by atoms with E-state index in [0.29, 0.717) is 11.1 Å². The zero-order valence-electron chi connectivity index (χ0n) is 9.15. The Bertz CT molecular complexity index is 540. The summed E-state index contributed by atoms with van der Waals surface area (Å²) in [7, 11) is -3.67. The van der Waals surface area contributed by atoms with Crippen LogP contribution in [0.25, 0.3) is 0 Å². The van der Waals surface area contributed by atoms with E-state index in [-0.39, 0.29) is 0 Å². The molecular formula is C13H13NO2S. The van der Waals surface area contributed by atoms with Crippen LogP contribution in [-0.2, 0) is 10.0 Å². The molecule has 88 valence electrons. The molecule has 0 aliphatic heterocycles. The van der Waals surface area contributed by atoms with Crippen LogP contribution in [0.3, 0.4) is 0 Å². The van der Waals surface area contributed by atoms with E-state index in [1.54, 1.807) is 48.5 Å². The fourth-order valence-corrected chi connectivity index (χ4v) is 2.90. The molecule has 0 fully saturated rings. The highest BCUT2D eigenvalue weighted by Crippen LogP contribution is 2.27. The maximum atomic E-state index is 11.7. The lowest BCUT2D eigenvalue weighted by atomic mass is 10.0. The first-order chi connectivity index (χ1) is 8.09. The lowest BCUT2D eigenvalue weighted by Gasteiger charge is -2.15. The van der Waals surface area contributed by atoms with Crippen LogP contribution in [0.15, 0.2) is 60.7 Å². The minimum Gasteiger partial charge on any atom is -0.228 e. The van der Waals surface area contributed by atoms with Gasteiger partial charge in [-0.25, -0.2) is 13.6 Å². The average Bonchev–Trinajstić information content (AvgIpc) is 2.30. The van der Waals surface area contributed by atoms with Crippen LogP contribution < -0.4 is 5.14 Å². The zero-order chi connectivity index (χ0) is 12.3. The highest BCUT2D eigenvalue weighted by molar-refractivity contribution is 7.89. The Labute approximate surface area is 101 Å². The van der Waals surface area contributed by atoms with Crippen molar-refractivity contribution in [1.29, 1.82) is 0 Å². The molecule has 0 bridgehead atoms. The van der Waals surface area contributed by atoms with E-state index >= 15 is 0 Å². The Balaban J connectivity index is 2.56. The molecule has 2 rings (SSSR count). The van der Waals surface area contributed by atoms with Gasteiger partial charge >= 0.3 is 0 Å². The first-order valence-electron chi connectivity index (χ1n) is 5.20. The molecule has 0 aliphatic carbocycles. The molecule has 0 aromatic heterocycles. The molecule has 0 unspecified atom stereocenters. The van der Waals surface area contributed by atoms with Gasteiger partial charge in [0.05, 0.1) is 0 Å². The molecule has 0 saturated heterocycles. The average molecular weight is 247 g/mol. The van der Waals surface area contributed by atoms with Crippen LogP contribution >= 0.6 is 0 Å². The molecule has 0 radical (unpaired) electrons. The number of rotatable bonds is 3. The van der Waals surface area contributed by atoms with Gasteiger partial charge in [0.15, 0.2) is 0 Å². The lowest BCUT2D eigenvalue weighted by molar-refractivity contribution is 0.591. The Kier molecular flexibility index (Phi) is 3.26. The van der Waals surface area contributed by atoms with E-state index in [2.05, 4.69) is 0 Å². The van der Waals surface area contributed by atoms with Gasteiger partial charge in [0.25, 0.3) is 0 Å². The predicted molar refractivity (Wildman–Crippen MR) is 67.8 cm³/mol. The van der Waals surface area contributed by atoms with Crippen LogP contribution in [0.4, 0.5) is 0 Å². The lowest BCUT2D eigenvalue weighted by Crippen LogP contribution is -2.22. The second kappa shape index (κ2) is 4.69. The number of nitrogens with two attached hydrogens (primary N) is 1. The van der Waals surface area contributed by atoms with Crippen molar-refractivity contribution in [2.75, 3.05) is 0 Å². The molecule has 0 amide bonds. The summed E-state index contributed by atoms with van der Waals surface area (Å²) in [5, 5.41) is 4.51. The van der Waals surface area contributed by atoms with E-state index in [1.165, 1.54) is 0 Å². The van der Waals surface area contributed by atoms with E-state index < -0.39 is 15.3 Å². The fraction of sp³-hybridized carbons (Fsp3) is 0.0769. The van der Waals surface area contributed by atoms with Gasteiger partial charge in [0.2, 0.25) is 10.0 Å². The summed E-state index contributed by atoms with van der Waals surface area (Å²) >= 11 is 0. The van der Waals surface area contributed by atoms with E-state index in [4.69, 9.17) is 5.14 Å². The molecule has 17 heavy (non-hydrogen) atoms. The SMILES string of the molecule is NS(=O)(=O)C(c1ccccc1)c1ccccc1. The predicted octanol–water partition coefficient (Wildman–Crippen LogP) is 2.06. The minimum atomic E-state index is -3.67. The van der Waals surface area contributed by atoms with Crippen molar-refractivity contribution in [3.8, 4) is 0 Å². The Morgan fingerprint density at radius 2 is 1.12 bits per heavy atom. The quantitative estimate of drug-likeness (QED) is 0.902. The molecule has 0 saturated carbocycles. The van der Waals surface area contributed by atoms with Crippen molar-refractivity contribution in [2.45, 2.75) is 5.25 Å². The van der Waals surface area contributed by atoms with Gasteiger partial charge in [0, 0.05) is 0 Å². The summed E-state index contributed by atoms with van der Waals surface area (Å²) in [5.74, 6) is 0. The third kappa shape index (κ3) is 2.72. The molecule has 2 aromatic rings. The summed E-state index contributed by atoms with van der Waals surface area (Å²) in [4.78, 5) is 0. The topological polar surface area (TPSA) is 60.2 Å². The summed E-state index contributed by atoms with van der Waals surface area (Å²) in [6.45, 7) is 0. The molecule has 2 N–H and O–H groups in total. The zero-order valence-corrected chi connectivity index (χ0v) is 9.97. The van der Waals surface area contributed by atoms with Gasteiger partial charge in [-0.3, -0.25) is 0 Å². The highest BCUT2D eigenvalue weighted by Gasteiger charge is 2.24. The van der Waals surface area contributed by atoms with E-state index in [0.717, 1.165) is 0 Å². The van der Waals surface area contributed by atoms with Crippen molar-refractivity contribution in [3.63, 3.8) is 0 Å². The molecule has 0 atom stereocenters. The van der Waals surface area contributed by atoms with Gasteiger partial charge in [0.1, 0.15) is 5.25 Å². The van der Waals surface area contributed by atoms with Crippen LogP contribution in [0, 0.1) is 0 Å². The maximum Gasteiger partial charge on any atom is 0.220 e. The van der Waals surface area contributed by atoms with E-state index in [1.807, 2.05) is 12.1 Å². The molecule has 0 heterocycles. The molecule has 4 heteroatoms. The van der Waals surface area contributed by atoms with Gasteiger partial charge in [-0.15, -0.1) is 0 Å². The largest absolute Gasteiger partial charge is 0.228 e. The fourth-order valence-electron chi connectivity index (χ4n) is 1.83. The number of benzene rings is 2. The Morgan fingerprint density at radius 1 is 0.765 bits per heavy atom. The van der Waals surface area contributed by atoms with Gasteiger partial charge in [-0.05, 0) is 11.1 Å². The second-order valence-electron chi connectivity index (χ2n) is 3.79. The molecule has 0 aliphatic rings. The minimum absolute atomic E-state index is 0.682. The monoisotopic (exact) mass is 247 g/mol. The van der Waals surface area contributed by atoms with Crippen LogP contribution in [-0.4, -0.2) is 8.42 Å². The first kappa shape index (κ1) is 11.8. The summed E-state index contributed by atoms with van der Waals surface area (Å²) in [6, 6.07) is 18.0. The first-order valence-corrected chi connectivity index (χ1v) is 6.81. The molecule has 3 nitrogen and oxygen atoms in total. The van der Waals surface area contributed by atoms with Crippen LogP contribution in [0.5, 0.6) is 0 Å². The molecular weight excluding hydrogens is 234 g/mol. The van der Waals surface area contributed by atoms with Crippen molar-refractivity contribution < 1.29 is 8.42 Å². The summed E-state index contributed by atoms with van der Waals surface area (Å²) in [6.07, 6.45) is 0. The highest BCUT2D eigenvalue weighted by atomic mass is 32.2. The second-order valence-corrected chi connectivity index (χ2v) is 5.44. The van der Waals surface area contributed by atoms with Gasteiger partial charge < -0.3 is 0 Å². The number of hydrogen-bond donors (Lipinski definition) is 1. The van der Waals surface area contributed by atoms with E-state index in [9.17, 15) is 8.42 Å². The van der Waals surface area contributed by atoms with Gasteiger partial charge in [-0.1, -0.05) is 60.7 Å². The summed E-state index contributed by atoms with van der Waals surface area (Å²) < 4.78 is 23.4.